The minimum atomic E-state index is 0.231. The van der Waals surface area contributed by atoms with Gasteiger partial charge in [0.1, 0.15) is 0 Å². The normalized spacial score (nSPS) is 15.2. The molecule has 0 N–H and O–H groups in total. The largest absolute Gasteiger partial charge is 0.229 e. The van der Waals surface area contributed by atoms with Gasteiger partial charge in [-0.15, -0.1) is 11.3 Å². The molecule has 0 radical (unpaired) electrons. The molecule has 0 aliphatic heterocycles. The van der Waals surface area contributed by atoms with Crippen LogP contribution >= 0.6 is 22.9 Å². The second-order valence-electron chi connectivity index (χ2n) is 4.40. The number of hydrogen-bond donors (Lipinski definition) is 0. The van der Waals surface area contributed by atoms with Crippen molar-refractivity contribution in [3.63, 3.8) is 0 Å². The van der Waals surface area contributed by atoms with Crippen molar-refractivity contribution < 1.29 is 0 Å². The summed E-state index contributed by atoms with van der Waals surface area (Å²) in [6, 6.07) is 0. The van der Waals surface area contributed by atoms with Gasteiger partial charge in [0.15, 0.2) is 4.47 Å². The van der Waals surface area contributed by atoms with Gasteiger partial charge in [0.25, 0.3) is 0 Å². The minimum Gasteiger partial charge on any atom is -0.229 e. The maximum absolute atomic E-state index is 5.91. The number of aromatic nitrogens is 1. The van der Waals surface area contributed by atoms with Gasteiger partial charge in [0.2, 0.25) is 0 Å². The molecule has 0 amide bonds. The minimum absolute atomic E-state index is 0.231. The monoisotopic (exact) mass is 245 g/mol. The van der Waals surface area contributed by atoms with Gasteiger partial charge in [0, 0.05) is 10.8 Å². The summed E-state index contributed by atoms with van der Waals surface area (Å²) in [5, 5.41) is 2.12. The Bertz CT molecular complexity index is 298. The molecule has 0 aliphatic rings. The number of thiazole rings is 1. The quantitative estimate of drug-likeness (QED) is 0.684. The van der Waals surface area contributed by atoms with Gasteiger partial charge in [-0.1, -0.05) is 51.6 Å². The Hall–Kier alpha value is -0.0800. The van der Waals surface area contributed by atoms with Gasteiger partial charge in [-0.3, -0.25) is 0 Å². The summed E-state index contributed by atoms with van der Waals surface area (Å²) < 4.78 is 0.670. The molecule has 0 aliphatic carbocycles. The van der Waals surface area contributed by atoms with Crippen LogP contribution in [-0.2, 0) is 5.41 Å². The molecule has 0 aromatic carbocycles. The number of hydrogen-bond acceptors (Lipinski definition) is 2. The summed E-state index contributed by atoms with van der Waals surface area (Å²) in [7, 11) is 0. The zero-order valence-corrected chi connectivity index (χ0v) is 11.4. The fourth-order valence-corrected chi connectivity index (χ4v) is 2.95. The van der Waals surface area contributed by atoms with Crippen molar-refractivity contribution in [2.45, 2.75) is 58.3 Å². The van der Waals surface area contributed by atoms with Crippen LogP contribution in [0.15, 0.2) is 5.38 Å². The van der Waals surface area contributed by atoms with Gasteiger partial charge in [-0.25, -0.2) is 4.98 Å². The summed E-state index contributed by atoms with van der Waals surface area (Å²) in [6.45, 7) is 6.79. The first-order chi connectivity index (χ1) is 7.12. The fraction of sp³-hybridized carbons (Fsp3) is 0.750. The molecule has 0 saturated heterocycles. The average molecular weight is 246 g/mol. The topological polar surface area (TPSA) is 12.9 Å². The lowest BCUT2D eigenvalue weighted by Crippen LogP contribution is -2.22. The van der Waals surface area contributed by atoms with Gasteiger partial charge in [-0.05, 0) is 12.8 Å². The van der Waals surface area contributed by atoms with Crippen molar-refractivity contribution in [1.29, 1.82) is 0 Å². The van der Waals surface area contributed by atoms with Gasteiger partial charge in [-0.2, -0.15) is 0 Å². The molecule has 0 spiro atoms. The molecule has 1 heterocycles. The molecule has 86 valence electrons. The van der Waals surface area contributed by atoms with Crippen LogP contribution in [0.5, 0.6) is 0 Å². The first kappa shape index (κ1) is 13.0. The highest BCUT2D eigenvalue weighted by Crippen LogP contribution is 2.35. The third-order valence-electron chi connectivity index (χ3n) is 2.98. The Kier molecular flexibility index (Phi) is 5.07. The van der Waals surface area contributed by atoms with E-state index in [2.05, 4.69) is 31.1 Å². The molecule has 1 atom stereocenters. The summed E-state index contributed by atoms with van der Waals surface area (Å²) in [6.07, 6.45) is 6.14. The van der Waals surface area contributed by atoms with E-state index in [1.807, 2.05) is 0 Å². The highest BCUT2D eigenvalue weighted by atomic mass is 35.5. The van der Waals surface area contributed by atoms with Crippen LogP contribution in [-0.4, -0.2) is 4.98 Å². The van der Waals surface area contributed by atoms with Crippen molar-refractivity contribution in [1.82, 2.24) is 4.98 Å². The summed E-state index contributed by atoms with van der Waals surface area (Å²) >= 11 is 7.45. The Morgan fingerprint density at radius 3 is 2.53 bits per heavy atom. The third kappa shape index (κ3) is 3.46. The number of nitrogens with zero attached hydrogens (tertiary/aromatic N) is 1. The first-order valence-electron chi connectivity index (χ1n) is 5.74. The predicted octanol–water partition coefficient (Wildman–Crippen LogP) is 5.04. The van der Waals surface area contributed by atoms with Gasteiger partial charge in [0.05, 0.1) is 5.69 Å². The average Bonchev–Trinajstić information content (AvgIpc) is 2.63. The van der Waals surface area contributed by atoms with E-state index < -0.39 is 0 Å². The second-order valence-corrected chi connectivity index (χ2v) is 5.84. The van der Waals surface area contributed by atoms with Crippen LogP contribution in [0.3, 0.4) is 0 Å². The van der Waals surface area contributed by atoms with E-state index in [0.29, 0.717) is 4.47 Å². The predicted molar refractivity (Wildman–Crippen MR) is 68.9 cm³/mol. The van der Waals surface area contributed by atoms with Gasteiger partial charge < -0.3 is 0 Å². The van der Waals surface area contributed by atoms with E-state index in [0.717, 1.165) is 0 Å². The van der Waals surface area contributed by atoms with Crippen LogP contribution < -0.4 is 0 Å². The Morgan fingerprint density at radius 2 is 2.07 bits per heavy atom. The Morgan fingerprint density at radius 1 is 1.33 bits per heavy atom. The first-order valence-corrected chi connectivity index (χ1v) is 6.99. The fourth-order valence-electron chi connectivity index (χ4n) is 2.03. The number of unbranched alkanes of at least 4 members (excludes halogenated alkanes) is 1. The lowest BCUT2D eigenvalue weighted by Gasteiger charge is -2.27. The molecule has 1 unspecified atom stereocenters. The molecule has 1 aromatic rings. The van der Waals surface area contributed by atoms with Crippen LogP contribution in [0.1, 0.15) is 58.6 Å². The maximum Gasteiger partial charge on any atom is 0.183 e. The highest BCUT2D eigenvalue weighted by molar-refractivity contribution is 7.13. The molecule has 0 fully saturated rings. The van der Waals surface area contributed by atoms with Crippen LogP contribution in [0.2, 0.25) is 4.47 Å². The molecule has 1 nitrogen and oxygen atoms in total. The van der Waals surface area contributed by atoms with E-state index in [1.54, 1.807) is 11.3 Å². The standard InChI is InChI=1S/C12H20ClNS/c1-4-6-8-12(3,7-5-2)10-9-15-11(13)14-10/h9H,4-8H2,1-3H3. The number of halogens is 1. The smallest absolute Gasteiger partial charge is 0.183 e. The van der Waals surface area contributed by atoms with Crippen molar-refractivity contribution in [3.8, 4) is 0 Å². The van der Waals surface area contributed by atoms with Crippen LogP contribution in [0.25, 0.3) is 0 Å². The molecular formula is C12H20ClNS. The van der Waals surface area contributed by atoms with Crippen molar-refractivity contribution in [3.05, 3.63) is 15.5 Å². The highest BCUT2D eigenvalue weighted by Gasteiger charge is 2.27. The summed E-state index contributed by atoms with van der Waals surface area (Å²) in [5.74, 6) is 0. The van der Waals surface area contributed by atoms with Gasteiger partial charge >= 0.3 is 0 Å². The molecule has 3 heteroatoms. The molecular weight excluding hydrogens is 226 g/mol. The zero-order valence-electron chi connectivity index (χ0n) is 9.85. The molecule has 1 aromatic heterocycles. The van der Waals surface area contributed by atoms with Crippen molar-refractivity contribution in [2.24, 2.45) is 0 Å². The molecule has 0 saturated carbocycles. The maximum atomic E-state index is 5.91. The molecule has 15 heavy (non-hydrogen) atoms. The third-order valence-corrected chi connectivity index (χ3v) is 3.96. The molecule has 0 bridgehead atoms. The van der Waals surface area contributed by atoms with E-state index in [9.17, 15) is 0 Å². The SMILES string of the molecule is CCCCC(C)(CCC)c1csc(Cl)n1. The van der Waals surface area contributed by atoms with E-state index in [4.69, 9.17) is 11.6 Å². The lowest BCUT2D eigenvalue weighted by atomic mass is 9.78. The van der Waals surface area contributed by atoms with Crippen molar-refractivity contribution >= 4 is 22.9 Å². The molecule has 1 rings (SSSR count). The van der Waals surface area contributed by atoms with Crippen LogP contribution in [0, 0.1) is 0 Å². The zero-order chi connectivity index (χ0) is 11.3. The Labute approximate surface area is 102 Å². The second kappa shape index (κ2) is 5.86. The number of rotatable bonds is 6. The van der Waals surface area contributed by atoms with E-state index in [-0.39, 0.29) is 5.41 Å². The van der Waals surface area contributed by atoms with Crippen LogP contribution in [0.4, 0.5) is 0 Å². The summed E-state index contributed by atoms with van der Waals surface area (Å²) in [5.41, 5.74) is 1.42. The summed E-state index contributed by atoms with van der Waals surface area (Å²) in [4.78, 5) is 4.44. The van der Waals surface area contributed by atoms with Crippen molar-refractivity contribution in [2.75, 3.05) is 0 Å². The Balaban J connectivity index is 2.79. The van der Waals surface area contributed by atoms with E-state index >= 15 is 0 Å². The van der Waals surface area contributed by atoms with E-state index in [1.165, 1.54) is 37.8 Å². The lowest BCUT2D eigenvalue weighted by molar-refractivity contribution is 0.374.